The van der Waals surface area contributed by atoms with E-state index in [2.05, 4.69) is 20.8 Å². The molecule has 0 rings (SSSR count). The van der Waals surface area contributed by atoms with Gasteiger partial charge in [0, 0.05) is 12.8 Å². The van der Waals surface area contributed by atoms with E-state index in [1.54, 1.807) is 0 Å². The minimum atomic E-state index is -0.00701. The van der Waals surface area contributed by atoms with E-state index in [0.29, 0.717) is 32.0 Å². The highest BCUT2D eigenvalue weighted by Gasteiger charge is 2.10. The largest absolute Gasteiger partial charge is 0.466 e. The summed E-state index contributed by atoms with van der Waals surface area (Å²) in [7, 11) is 0. The Kier molecular flexibility index (Phi) is 27.7. The van der Waals surface area contributed by atoms with E-state index in [0.717, 1.165) is 32.1 Å². The van der Waals surface area contributed by atoms with Gasteiger partial charge in [-0.1, -0.05) is 136 Å². The predicted octanol–water partition coefficient (Wildman–Crippen LogP) is 10.1. The van der Waals surface area contributed by atoms with Crippen LogP contribution in [0.4, 0.5) is 0 Å². The number of esters is 2. The van der Waals surface area contributed by atoms with Gasteiger partial charge in [0.1, 0.15) is 0 Å². The number of unbranched alkanes of at least 4 members (excludes halogenated alkanes) is 16. The van der Waals surface area contributed by atoms with Crippen molar-refractivity contribution in [3.05, 3.63) is 0 Å². The Balaban J connectivity index is 3.40. The molecule has 4 heteroatoms. The number of hydrogen-bond donors (Lipinski definition) is 0. The van der Waals surface area contributed by atoms with Gasteiger partial charge in [-0.25, -0.2) is 0 Å². The molecule has 0 amide bonds. The summed E-state index contributed by atoms with van der Waals surface area (Å²) in [6.45, 7) is 7.85. The number of ether oxygens (including phenoxy) is 2. The maximum absolute atomic E-state index is 11.9. The molecule has 36 heavy (non-hydrogen) atoms. The molecule has 0 aliphatic heterocycles. The molecule has 0 fully saturated rings. The second-order valence-corrected chi connectivity index (χ2v) is 10.8. The lowest BCUT2D eigenvalue weighted by Crippen LogP contribution is -2.09. The highest BCUT2D eigenvalue weighted by molar-refractivity contribution is 5.69. The maximum Gasteiger partial charge on any atom is 0.305 e. The van der Waals surface area contributed by atoms with E-state index in [4.69, 9.17) is 9.47 Å². The Labute approximate surface area is 225 Å². The predicted molar refractivity (Wildman–Crippen MR) is 153 cm³/mol. The summed E-state index contributed by atoms with van der Waals surface area (Å²) in [5, 5.41) is 0. The number of rotatable bonds is 28. The SMILES string of the molecule is CCCCCCOC(=O)CCCCCCCCCCCCCC(CC)CCC(=O)OCCCCCC. The van der Waals surface area contributed by atoms with Crippen molar-refractivity contribution in [2.45, 2.75) is 175 Å². The zero-order valence-corrected chi connectivity index (χ0v) is 24.6. The Morgan fingerprint density at radius 2 is 0.889 bits per heavy atom. The number of carbonyl (C=O) groups is 2. The molecule has 0 radical (unpaired) electrons. The van der Waals surface area contributed by atoms with Crippen LogP contribution in [0, 0.1) is 5.92 Å². The first-order valence-electron chi connectivity index (χ1n) is 15.9. The lowest BCUT2D eigenvalue weighted by Gasteiger charge is -2.14. The third-order valence-electron chi connectivity index (χ3n) is 7.35. The van der Waals surface area contributed by atoms with Crippen LogP contribution in [0.1, 0.15) is 175 Å². The van der Waals surface area contributed by atoms with Crippen LogP contribution < -0.4 is 0 Å². The van der Waals surface area contributed by atoms with Crippen molar-refractivity contribution in [2.75, 3.05) is 13.2 Å². The lowest BCUT2D eigenvalue weighted by atomic mass is 9.93. The van der Waals surface area contributed by atoms with E-state index >= 15 is 0 Å². The van der Waals surface area contributed by atoms with Crippen LogP contribution in [-0.2, 0) is 19.1 Å². The fourth-order valence-corrected chi connectivity index (χ4v) is 4.74. The summed E-state index contributed by atoms with van der Waals surface area (Å²) < 4.78 is 10.7. The van der Waals surface area contributed by atoms with Crippen LogP contribution in [0.15, 0.2) is 0 Å². The van der Waals surface area contributed by atoms with E-state index in [-0.39, 0.29) is 11.9 Å². The standard InChI is InChI=1S/C32H62O4/c1-4-7-9-22-28-35-31(33)25-21-19-17-15-13-11-12-14-16-18-20-24-30(6-3)26-27-32(34)36-29-23-10-8-5-2/h30H,4-29H2,1-3H3. The zero-order valence-electron chi connectivity index (χ0n) is 24.6. The molecule has 4 nitrogen and oxygen atoms in total. The fourth-order valence-electron chi connectivity index (χ4n) is 4.74. The smallest absolute Gasteiger partial charge is 0.305 e. The van der Waals surface area contributed by atoms with Gasteiger partial charge in [-0.05, 0) is 31.6 Å². The van der Waals surface area contributed by atoms with Crippen LogP contribution in [0.5, 0.6) is 0 Å². The van der Waals surface area contributed by atoms with E-state index in [1.807, 2.05) is 0 Å². The molecule has 0 heterocycles. The molecule has 0 spiro atoms. The molecule has 0 aromatic rings. The molecule has 1 unspecified atom stereocenters. The van der Waals surface area contributed by atoms with Crippen LogP contribution in [-0.4, -0.2) is 25.2 Å². The van der Waals surface area contributed by atoms with Crippen LogP contribution in [0.2, 0.25) is 0 Å². The number of carbonyl (C=O) groups excluding carboxylic acids is 2. The number of hydrogen-bond acceptors (Lipinski definition) is 4. The summed E-state index contributed by atoms with van der Waals surface area (Å²) in [6.07, 6.45) is 27.9. The monoisotopic (exact) mass is 510 g/mol. The second-order valence-electron chi connectivity index (χ2n) is 10.8. The van der Waals surface area contributed by atoms with Gasteiger partial charge in [0.25, 0.3) is 0 Å². The summed E-state index contributed by atoms with van der Waals surface area (Å²) in [4.78, 5) is 23.6. The molecule has 0 saturated carbocycles. The first kappa shape index (κ1) is 34.9. The van der Waals surface area contributed by atoms with Gasteiger partial charge in [0.2, 0.25) is 0 Å². The highest BCUT2D eigenvalue weighted by Crippen LogP contribution is 2.20. The van der Waals surface area contributed by atoms with Gasteiger partial charge in [-0.15, -0.1) is 0 Å². The molecule has 0 aromatic heterocycles. The van der Waals surface area contributed by atoms with Crippen molar-refractivity contribution < 1.29 is 19.1 Å². The normalized spacial score (nSPS) is 12.0. The molecule has 0 aliphatic carbocycles. The second kappa shape index (κ2) is 28.5. The summed E-state index contributed by atoms with van der Waals surface area (Å²) in [5.74, 6) is 0.665. The van der Waals surface area contributed by atoms with Crippen LogP contribution >= 0.6 is 0 Å². The lowest BCUT2D eigenvalue weighted by molar-refractivity contribution is -0.145. The zero-order chi connectivity index (χ0) is 26.5. The molecule has 0 N–H and O–H groups in total. The molecule has 0 aromatic carbocycles. The molecule has 0 saturated heterocycles. The quantitative estimate of drug-likeness (QED) is 0.0776. The van der Waals surface area contributed by atoms with E-state index in [9.17, 15) is 9.59 Å². The van der Waals surface area contributed by atoms with Crippen LogP contribution in [0.25, 0.3) is 0 Å². The topological polar surface area (TPSA) is 52.6 Å². The van der Waals surface area contributed by atoms with Gasteiger partial charge in [0.15, 0.2) is 0 Å². The third kappa shape index (κ3) is 26.0. The Hall–Kier alpha value is -1.06. The minimum absolute atomic E-state index is 0.000574. The van der Waals surface area contributed by atoms with E-state index < -0.39 is 0 Å². The Morgan fingerprint density at radius 1 is 0.472 bits per heavy atom. The van der Waals surface area contributed by atoms with Gasteiger partial charge in [0.05, 0.1) is 13.2 Å². The summed E-state index contributed by atoms with van der Waals surface area (Å²) >= 11 is 0. The Bertz CT molecular complexity index is 477. The fraction of sp³-hybridized carbons (Fsp3) is 0.938. The molecule has 1 atom stereocenters. The third-order valence-corrected chi connectivity index (χ3v) is 7.35. The Morgan fingerprint density at radius 3 is 1.36 bits per heavy atom. The minimum Gasteiger partial charge on any atom is -0.466 e. The van der Waals surface area contributed by atoms with Crippen molar-refractivity contribution >= 4 is 11.9 Å². The van der Waals surface area contributed by atoms with Crippen molar-refractivity contribution in [1.82, 2.24) is 0 Å². The summed E-state index contributed by atoms with van der Waals surface area (Å²) in [6, 6.07) is 0. The molecular weight excluding hydrogens is 448 g/mol. The first-order chi connectivity index (χ1) is 17.6. The average molecular weight is 511 g/mol. The molecule has 214 valence electrons. The molecular formula is C32H62O4. The van der Waals surface area contributed by atoms with Gasteiger partial charge in [-0.3, -0.25) is 9.59 Å². The summed E-state index contributed by atoms with van der Waals surface area (Å²) in [5.41, 5.74) is 0. The van der Waals surface area contributed by atoms with Crippen molar-refractivity contribution in [3.8, 4) is 0 Å². The van der Waals surface area contributed by atoms with Gasteiger partial charge < -0.3 is 9.47 Å². The first-order valence-corrected chi connectivity index (χ1v) is 15.9. The van der Waals surface area contributed by atoms with Gasteiger partial charge >= 0.3 is 11.9 Å². The van der Waals surface area contributed by atoms with Crippen molar-refractivity contribution in [3.63, 3.8) is 0 Å². The molecule has 0 bridgehead atoms. The van der Waals surface area contributed by atoms with Crippen molar-refractivity contribution in [1.29, 1.82) is 0 Å². The average Bonchev–Trinajstić information content (AvgIpc) is 2.88. The van der Waals surface area contributed by atoms with Crippen LogP contribution in [0.3, 0.4) is 0 Å². The molecule has 0 aliphatic rings. The van der Waals surface area contributed by atoms with Gasteiger partial charge in [-0.2, -0.15) is 0 Å². The van der Waals surface area contributed by atoms with Crippen molar-refractivity contribution in [2.24, 2.45) is 5.92 Å². The highest BCUT2D eigenvalue weighted by atomic mass is 16.5. The van der Waals surface area contributed by atoms with E-state index in [1.165, 1.54) is 109 Å². The maximum atomic E-state index is 11.9.